The number of benzene rings is 5. The summed E-state index contributed by atoms with van der Waals surface area (Å²) < 4.78 is 0. The summed E-state index contributed by atoms with van der Waals surface area (Å²) in [6.45, 7) is 38.7. The van der Waals surface area contributed by atoms with Gasteiger partial charge in [0, 0.05) is 0 Å². The van der Waals surface area contributed by atoms with Crippen LogP contribution in [0.4, 0.5) is 0 Å². The zero-order valence-corrected chi connectivity index (χ0v) is 33.9. The van der Waals surface area contributed by atoms with E-state index in [0.29, 0.717) is 0 Å². The lowest BCUT2D eigenvalue weighted by Crippen LogP contribution is -1.88. The van der Waals surface area contributed by atoms with Gasteiger partial charge in [0.05, 0.1) is 0 Å². The van der Waals surface area contributed by atoms with Gasteiger partial charge in [-0.05, 0) is 203 Å². The molecule has 0 aromatic heterocycles. The molecule has 0 N–H and O–H groups in total. The summed E-state index contributed by atoms with van der Waals surface area (Å²) in [4.78, 5) is 0. The standard InChI is InChI=1S/3C10H14.2C9H12/c2*1-7-5-8(2)10(4)9(3)6-7;1-7-5-6-8(2)10(4)9(7)3;2*1-7-4-5-8(2)9(3)6-7/h3*5-6H,1-4H3;2*4-6H,1-3H3. The number of rotatable bonds is 0. The van der Waals surface area contributed by atoms with Gasteiger partial charge in [0.15, 0.2) is 0 Å². The first-order valence-corrected chi connectivity index (χ1v) is 17.4. The van der Waals surface area contributed by atoms with Crippen molar-refractivity contribution >= 4 is 0 Å². The molecule has 0 aliphatic heterocycles. The van der Waals surface area contributed by atoms with E-state index in [-0.39, 0.29) is 0 Å². The lowest BCUT2D eigenvalue weighted by Gasteiger charge is -2.06. The highest BCUT2D eigenvalue weighted by Gasteiger charge is 1.98. The van der Waals surface area contributed by atoms with E-state index in [1.165, 1.54) is 100 Å². The topological polar surface area (TPSA) is 0 Å². The van der Waals surface area contributed by atoms with Gasteiger partial charge in [0.2, 0.25) is 0 Å². The fraction of sp³-hybridized carbons (Fsp3) is 0.375. The Morgan fingerprint density at radius 2 is 0.417 bits per heavy atom. The van der Waals surface area contributed by atoms with Gasteiger partial charge in [-0.15, -0.1) is 0 Å². The summed E-state index contributed by atoms with van der Waals surface area (Å²) >= 11 is 0. The molecule has 0 saturated carbocycles. The smallest absolute Gasteiger partial charge is 0.0392 e. The molecule has 0 heterocycles. The van der Waals surface area contributed by atoms with Gasteiger partial charge >= 0.3 is 0 Å². The summed E-state index contributed by atoms with van der Waals surface area (Å²) in [7, 11) is 0. The van der Waals surface area contributed by atoms with E-state index < -0.39 is 0 Å². The van der Waals surface area contributed by atoms with E-state index in [4.69, 9.17) is 0 Å². The molecule has 0 fully saturated rings. The lowest BCUT2D eigenvalue weighted by atomic mass is 10.0. The Labute approximate surface area is 296 Å². The maximum atomic E-state index is 2.22. The highest BCUT2D eigenvalue weighted by Crippen LogP contribution is 2.16. The van der Waals surface area contributed by atoms with Gasteiger partial charge in [0.25, 0.3) is 0 Å². The average Bonchev–Trinajstić information content (AvgIpc) is 3.01. The summed E-state index contributed by atoms with van der Waals surface area (Å²) in [5.41, 5.74) is 25.0. The van der Waals surface area contributed by atoms with Crippen LogP contribution in [-0.2, 0) is 0 Å². The van der Waals surface area contributed by atoms with Crippen molar-refractivity contribution in [3.63, 3.8) is 0 Å². The van der Waals surface area contributed by atoms with E-state index in [2.05, 4.69) is 197 Å². The summed E-state index contributed by atoms with van der Waals surface area (Å²) in [6, 6.07) is 26.3. The lowest BCUT2D eigenvalue weighted by molar-refractivity contribution is 1.22. The molecule has 0 spiro atoms. The normalized spacial score (nSPS) is 9.88. The molecule has 0 saturated heterocycles. The van der Waals surface area contributed by atoms with E-state index in [9.17, 15) is 0 Å². The van der Waals surface area contributed by atoms with Gasteiger partial charge in [0.1, 0.15) is 0 Å². The van der Waals surface area contributed by atoms with Crippen LogP contribution in [0.1, 0.15) is 100 Å². The summed E-state index contributed by atoms with van der Waals surface area (Å²) in [6.07, 6.45) is 0. The Hall–Kier alpha value is -3.90. The zero-order valence-electron chi connectivity index (χ0n) is 33.9. The third kappa shape index (κ3) is 14.1. The van der Waals surface area contributed by atoms with Crippen molar-refractivity contribution in [3.8, 4) is 0 Å². The average molecular weight is 643 g/mol. The predicted molar refractivity (Wildman–Crippen MR) is 217 cm³/mol. The van der Waals surface area contributed by atoms with Gasteiger partial charge < -0.3 is 0 Å². The van der Waals surface area contributed by atoms with E-state index in [1.807, 2.05) is 0 Å². The zero-order chi connectivity index (χ0) is 36.9. The minimum atomic E-state index is 1.35. The third-order valence-electron chi connectivity index (χ3n) is 9.80. The molecule has 48 heavy (non-hydrogen) atoms. The van der Waals surface area contributed by atoms with Gasteiger partial charge in [-0.3, -0.25) is 0 Å². The molecule has 0 amide bonds. The Balaban J connectivity index is 0.000000300. The van der Waals surface area contributed by atoms with Crippen molar-refractivity contribution in [1.29, 1.82) is 0 Å². The fourth-order valence-electron chi connectivity index (χ4n) is 5.38. The van der Waals surface area contributed by atoms with Crippen LogP contribution >= 0.6 is 0 Å². The Kier molecular flexibility index (Phi) is 17.4. The molecular weight excluding hydrogens is 577 g/mol. The molecule has 0 aliphatic rings. The largest absolute Gasteiger partial charge is 0.0590 e. The van der Waals surface area contributed by atoms with Crippen molar-refractivity contribution in [2.75, 3.05) is 0 Å². The van der Waals surface area contributed by atoms with E-state index in [1.54, 1.807) is 0 Å². The molecule has 258 valence electrons. The molecule has 0 nitrogen and oxygen atoms in total. The van der Waals surface area contributed by atoms with Crippen LogP contribution < -0.4 is 0 Å². The second-order valence-corrected chi connectivity index (χ2v) is 14.2. The molecule has 0 unspecified atom stereocenters. The maximum Gasteiger partial charge on any atom is -0.0392 e. The first kappa shape index (κ1) is 42.1. The molecule has 5 aromatic carbocycles. The van der Waals surface area contributed by atoms with Crippen LogP contribution in [-0.4, -0.2) is 0 Å². The van der Waals surface area contributed by atoms with Gasteiger partial charge in [-0.25, -0.2) is 0 Å². The molecule has 5 rings (SSSR count). The molecule has 0 heteroatoms. The molecule has 5 aromatic rings. The van der Waals surface area contributed by atoms with Crippen LogP contribution in [0.2, 0.25) is 0 Å². The van der Waals surface area contributed by atoms with Gasteiger partial charge in [-0.2, -0.15) is 0 Å². The van der Waals surface area contributed by atoms with E-state index >= 15 is 0 Å². The van der Waals surface area contributed by atoms with Crippen molar-refractivity contribution in [2.24, 2.45) is 0 Å². The Bertz CT molecular complexity index is 1600. The van der Waals surface area contributed by atoms with Crippen molar-refractivity contribution in [3.05, 3.63) is 173 Å². The van der Waals surface area contributed by atoms with Crippen LogP contribution in [0.15, 0.2) is 72.8 Å². The van der Waals surface area contributed by atoms with Crippen LogP contribution in [0.3, 0.4) is 0 Å². The monoisotopic (exact) mass is 643 g/mol. The second kappa shape index (κ2) is 19.8. The molecule has 0 radical (unpaired) electrons. The van der Waals surface area contributed by atoms with Crippen LogP contribution in [0, 0.1) is 125 Å². The number of aryl methyl sites for hydroxylation is 14. The second-order valence-electron chi connectivity index (χ2n) is 14.2. The van der Waals surface area contributed by atoms with Crippen LogP contribution in [0.5, 0.6) is 0 Å². The van der Waals surface area contributed by atoms with Crippen molar-refractivity contribution in [1.82, 2.24) is 0 Å². The highest BCUT2D eigenvalue weighted by atomic mass is 14.0. The molecule has 0 atom stereocenters. The number of hydrogen-bond acceptors (Lipinski definition) is 0. The minimum absolute atomic E-state index is 1.35. The highest BCUT2D eigenvalue weighted by molar-refractivity contribution is 5.38. The molecule has 0 aliphatic carbocycles. The first-order chi connectivity index (χ1) is 22.2. The maximum absolute atomic E-state index is 2.22. The van der Waals surface area contributed by atoms with Gasteiger partial charge in [-0.1, -0.05) is 95.1 Å². The molecule has 0 bridgehead atoms. The molecular formula is C48H66. The SMILES string of the molecule is Cc1cc(C)c(C)c(C)c1.Cc1cc(C)c(C)c(C)c1.Cc1ccc(C)c(C)c1.Cc1ccc(C)c(C)c1.Cc1ccc(C)c(C)c1C. The Morgan fingerprint density at radius 3 is 0.646 bits per heavy atom. The third-order valence-corrected chi connectivity index (χ3v) is 9.80. The van der Waals surface area contributed by atoms with Crippen LogP contribution in [0.25, 0.3) is 0 Å². The predicted octanol–water partition coefficient (Wildman–Crippen LogP) is 14.0. The quantitative estimate of drug-likeness (QED) is 0.158. The summed E-state index contributed by atoms with van der Waals surface area (Å²) in [5, 5.41) is 0. The first-order valence-electron chi connectivity index (χ1n) is 17.4. The minimum Gasteiger partial charge on any atom is -0.0590 e. The summed E-state index contributed by atoms with van der Waals surface area (Å²) in [5.74, 6) is 0. The van der Waals surface area contributed by atoms with Crippen molar-refractivity contribution in [2.45, 2.75) is 125 Å². The fourth-order valence-corrected chi connectivity index (χ4v) is 5.38. The van der Waals surface area contributed by atoms with E-state index in [0.717, 1.165) is 0 Å². The van der Waals surface area contributed by atoms with Crippen molar-refractivity contribution < 1.29 is 0 Å². The Morgan fingerprint density at radius 1 is 0.188 bits per heavy atom. The number of hydrogen-bond donors (Lipinski definition) is 0.